The Bertz CT molecular complexity index is 406. The lowest BCUT2D eigenvalue weighted by Crippen LogP contribution is -2.51. The van der Waals surface area contributed by atoms with Gasteiger partial charge in [0.05, 0.1) is 25.9 Å². The molecule has 3 aliphatic rings. The van der Waals surface area contributed by atoms with E-state index in [9.17, 15) is 0 Å². The van der Waals surface area contributed by atoms with Gasteiger partial charge < -0.3 is 18.9 Å². The van der Waals surface area contributed by atoms with Crippen molar-refractivity contribution in [1.29, 1.82) is 0 Å². The van der Waals surface area contributed by atoms with Gasteiger partial charge >= 0.3 is 0 Å². The van der Waals surface area contributed by atoms with Gasteiger partial charge in [0.15, 0.2) is 11.6 Å². The van der Waals surface area contributed by atoms with E-state index in [0.29, 0.717) is 0 Å². The highest BCUT2D eigenvalue weighted by molar-refractivity contribution is 7.61. The fourth-order valence-corrected chi connectivity index (χ4v) is 8.72. The summed E-state index contributed by atoms with van der Waals surface area (Å²) >= 11 is 0. The third-order valence-electron chi connectivity index (χ3n) is 5.13. The van der Waals surface area contributed by atoms with Crippen molar-refractivity contribution in [3.8, 4) is 0 Å². The van der Waals surface area contributed by atoms with Crippen LogP contribution < -0.4 is 0 Å². The number of ether oxygens (including phenoxy) is 4. The molecule has 22 heavy (non-hydrogen) atoms. The van der Waals surface area contributed by atoms with Gasteiger partial charge in [0.25, 0.3) is 0 Å². The summed E-state index contributed by atoms with van der Waals surface area (Å²) in [5, 5.41) is 0.440. The van der Waals surface area contributed by atoms with Crippen LogP contribution in [-0.4, -0.2) is 54.0 Å². The second kappa shape index (κ2) is 5.39. The number of rotatable bonds is 2. The first-order valence-electron chi connectivity index (χ1n) is 8.41. The first kappa shape index (κ1) is 17.1. The molecule has 0 amide bonds. The lowest BCUT2D eigenvalue weighted by Gasteiger charge is -2.55. The molecule has 0 radical (unpaired) electrons. The van der Waals surface area contributed by atoms with E-state index in [1.165, 1.54) is 0 Å². The van der Waals surface area contributed by atoms with Gasteiger partial charge in [0.2, 0.25) is 0 Å². The van der Waals surface area contributed by atoms with Gasteiger partial charge in [-0.3, -0.25) is 0 Å². The fraction of sp³-hybridized carbons (Fsp3) is 1.00. The van der Waals surface area contributed by atoms with Crippen LogP contribution in [0.3, 0.4) is 0 Å². The van der Waals surface area contributed by atoms with Crippen molar-refractivity contribution < 1.29 is 18.9 Å². The highest BCUT2D eigenvalue weighted by Crippen LogP contribution is 2.69. The van der Waals surface area contributed by atoms with Crippen LogP contribution >= 0.6 is 7.92 Å². The molecule has 3 saturated heterocycles. The Hall–Kier alpha value is 0.270. The topological polar surface area (TPSA) is 36.9 Å². The lowest BCUT2D eigenvalue weighted by atomic mass is 9.91. The van der Waals surface area contributed by atoms with Gasteiger partial charge in [-0.15, -0.1) is 0 Å². The Morgan fingerprint density at radius 2 is 1.41 bits per heavy atom. The molecule has 1 spiro atoms. The quantitative estimate of drug-likeness (QED) is 0.723. The zero-order valence-corrected chi connectivity index (χ0v) is 15.8. The first-order valence-corrected chi connectivity index (χ1v) is 9.94. The van der Waals surface area contributed by atoms with Crippen LogP contribution in [0, 0.1) is 0 Å². The molecule has 1 atom stereocenters. The standard InChI is InChI=1S/C17H31O4P/c1-14(2)11-17(18-7-8-19-17)12-15(3,4)22(14)10-13-9-20-16(5,6)21-13/h13H,7-12H2,1-6H3. The minimum absolute atomic E-state index is 0.218. The maximum Gasteiger partial charge on any atom is 0.170 e. The van der Waals surface area contributed by atoms with E-state index in [2.05, 4.69) is 27.7 Å². The van der Waals surface area contributed by atoms with E-state index in [0.717, 1.165) is 38.8 Å². The van der Waals surface area contributed by atoms with Crippen LogP contribution in [-0.2, 0) is 18.9 Å². The van der Waals surface area contributed by atoms with Gasteiger partial charge in [0, 0.05) is 12.8 Å². The molecule has 0 aliphatic carbocycles. The molecule has 0 aromatic rings. The van der Waals surface area contributed by atoms with Crippen molar-refractivity contribution in [2.45, 2.75) is 82.4 Å². The minimum atomic E-state index is -0.428. The molecule has 3 fully saturated rings. The van der Waals surface area contributed by atoms with Gasteiger partial charge in [0.1, 0.15) is 0 Å². The van der Waals surface area contributed by atoms with E-state index >= 15 is 0 Å². The normalized spacial score (nSPS) is 36.0. The fourth-order valence-electron chi connectivity index (χ4n) is 4.64. The van der Waals surface area contributed by atoms with Crippen LogP contribution in [0.4, 0.5) is 0 Å². The average Bonchev–Trinajstić information content (AvgIpc) is 2.90. The smallest absolute Gasteiger partial charge is 0.170 e. The third kappa shape index (κ3) is 3.23. The molecule has 0 bridgehead atoms. The number of hydrogen-bond donors (Lipinski definition) is 0. The van der Waals surface area contributed by atoms with Crippen LogP contribution in [0.2, 0.25) is 0 Å². The first-order chi connectivity index (χ1) is 10.0. The Kier molecular flexibility index (Phi) is 4.19. The van der Waals surface area contributed by atoms with Gasteiger partial charge in [-0.25, -0.2) is 0 Å². The molecule has 3 heterocycles. The Balaban J connectivity index is 1.76. The van der Waals surface area contributed by atoms with Crippen molar-refractivity contribution in [3.63, 3.8) is 0 Å². The van der Waals surface area contributed by atoms with E-state index < -0.39 is 5.79 Å². The summed E-state index contributed by atoms with van der Waals surface area (Å²) in [6, 6.07) is 0. The minimum Gasteiger partial charge on any atom is -0.348 e. The zero-order valence-electron chi connectivity index (χ0n) is 14.9. The van der Waals surface area contributed by atoms with Crippen molar-refractivity contribution in [2.24, 2.45) is 0 Å². The molecule has 3 aliphatic heterocycles. The Labute approximate surface area is 136 Å². The summed E-state index contributed by atoms with van der Waals surface area (Å²) in [5.41, 5.74) is 0. The molecule has 5 heteroatoms. The maximum absolute atomic E-state index is 6.09. The van der Waals surface area contributed by atoms with Crippen molar-refractivity contribution in [2.75, 3.05) is 26.0 Å². The van der Waals surface area contributed by atoms with Crippen LogP contribution in [0.1, 0.15) is 54.4 Å². The SMILES string of the molecule is CC1(C)OCC(CP2C(C)(C)CC3(CC2(C)C)OCCO3)O1. The third-order valence-corrected chi connectivity index (χ3v) is 9.14. The summed E-state index contributed by atoms with van der Waals surface area (Å²) in [4.78, 5) is 0. The summed E-state index contributed by atoms with van der Waals surface area (Å²) in [7, 11) is -0.218. The predicted octanol–water partition coefficient (Wildman–Crippen LogP) is 3.71. The van der Waals surface area contributed by atoms with Gasteiger partial charge in [-0.1, -0.05) is 35.6 Å². The molecule has 0 aromatic carbocycles. The highest BCUT2D eigenvalue weighted by atomic mass is 31.1. The molecule has 0 N–H and O–H groups in total. The second-order valence-corrected chi connectivity index (χ2v) is 12.3. The van der Waals surface area contributed by atoms with Gasteiger partial charge in [-0.05, 0) is 30.3 Å². The molecule has 0 saturated carbocycles. The second-order valence-electron chi connectivity index (χ2n) is 8.65. The Morgan fingerprint density at radius 1 is 0.864 bits per heavy atom. The summed E-state index contributed by atoms with van der Waals surface area (Å²) < 4.78 is 23.9. The van der Waals surface area contributed by atoms with E-state index in [4.69, 9.17) is 18.9 Å². The van der Waals surface area contributed by atoms with Crippen LogP contribution in [0.25, 0.3) is 0 Å². The van der Waals surface area contributed by atoms with Crippen LogP contribution in [0.15, 0.2) is 0 Å². The van der Waals surface area contributed by atoms with Crippen molar-refractivity contribution in [3.05, 3.63) is 0 Å². The molecular formula is C17H31O4P. The Morgan fingerprint density at radius 3 is 1.86 bits per heavy atom. The lowest BCUT2D eigenvalue weighted by molar-refractivity contribution is -0.178. The molecule has 4 nitrogen and oxygen atoms in total. The monoisotopic (exact) mass is 330 g/mol. The van der Waals surface area contributed by atoms with Gasteiger partial charge in [-0.2, -0.15) is 0 Å². The maximum atomic E-state index is 6.09. The molecular weight excluding hydrogens is 299 g/mol. The summed E-state index contributed by atoms with van der Waals surface area (Å²) in [6.45, 7) is 15.7. The molecule has 3 rings (SSSR count). The summed E-state index contributed by atoms with van der Waals surface area (Å²) in [5.74, 6) is -0.777. The predicted molar refractivity (Wildman–Crippen MR) is 88.7 cm³/mol. The summed E-state index contributed by atoms with van der Waals surface area (Å²) in [6.07, 6.45) is 3.31. The van der Waals surface area contributed by atoms with E-state index in [1.54, 1.807) is 0 Å². The average molecular weight is 330 g/mol. The highest BCUT2D eigenvalue weighted by Gasteiger charge is 2.56. The van der Waals surface area contributed by atoms with E-state index in [1.807, 2.05) is 13.8 Å². The van der Waals surface area contributed by atoms with Crippen molar-refractivity contribution >= 4 is 7.92 Å². The van der Waals surface area contributed by atoms with Crippen molar-refractivity contribution in [1.82, 2.24) is 0 Å². The molecule has 128 valence electrons. The molecule has 0 aromatic heterocycles. The van der Waals surface area contributed by atoms with Crippen LogP contribution in [0.5, 0.6) is 0 Å². The molecule has 1 unspecified atom stereocenters. The van der Waals surface area contributed by atoms with E-state index in [-0.39, 0.29) is 30.1 Å². The number of hydrogen-bond acceptors (Lipinski definition) is 4. The largest absolute Gasteiger partial charge is 0.348 e. The zero-order chi connectivity index (χ0) is 16.2.